The number of benzene rings is 1. The van der Waals surface area contributed by atoms with Crippen LogP contribution in [0.4, 0.5) is 0 Å². The zero-order valence-corrected chi connectivity index (χ0v) is 15.7. The van der Waals surface area contributed by atoms with Gasteiger partial charge in [0.15, 0.2) is 10.7 Å². The fourth-order valence-corrected chi connectivity index (χ4v) is 4.24. The van der Waals surface area contributed by atoms with Gasteiger partial charge in [-0.3, -0.25) is 9.20 Å². The van der Waals surface area contributed by atoms with Gasteiger partial charge < -0.3 is 10.2 Å². The van der Waals surface area contributed by atoms with Gasteiger partial charge in [-0.1, -0.05) is 30.3 Å². The van der Waals surface area contributed by atoms with Crippen LogP contribution in [-0.2, 0) is 13.0 Å². The molecular weight excluding hydrogens is 344 g/mol. The van der Waals surface area contributed by atoms with Crippen LogP contribution in [0.15, 0.2) is 41.9 Å². The van der Waals surface area contributed by atoms with Crippen LogP contribution in [-0.4, -0.2) is 39.8 Å². The van der Waals surface area contributed by atoms with E-state index in [0.717, 1.165) is 56.0 Å². The molecular formula is C20H24N4OS. The minimum Gasteiger partial charge on any atom is -0.337 e. The molecule has 3 aromatic rings. The molecule has 2 aromatic heterocycles. The second kappa shape index (κ2) is 8.01. The van der Waals surface area contributed by atoms with Crippen LogP contribution in [0.1, 0.15) is 41.0 Å². The first-order valence-corrected chi connectivity index (χ1v) is 10.2. The first kappa shape index (κ1) is 17.2. The summed E-state index contributed by atoms with van der Waals surface area (Å²) >= 11 is 1.58. The zero-order chi connectivity index (χ0) is 17.8. The van der Waals surface area contributed by atoms with Crippen molar-refractivity contribution in [2.45, 2.75) is 32.2 Å². The minimum atomic E-state index is 0.0829. The molecule has 0 aliphatic carbocycles. The molecule has 0 saturated carbocycles. The summed E-state index contributed by atoms with van der Waals surface area (Å²) in [5, 5.41) is 5.52. The maximum atomic E-state index is 12.8. The average Bonchev–Trinajstić information content (AvgIpc) is 3.40. The lowest BCUT2D eigenvalue weighted by Crippen LogP contribution is -2.29. The number of carbonyl (C=O) groups is 1. The highest BCUT2D eigenvalue weighted by Crippen LogP contribution is 2.20. The van der Waals surface area contributed by atoms with Gasteiger partial charge in [0.2, 0.25) is 0 Å². The molecule has 1 aliphatic heterocycles. The number of rotatable bonds is 7. The molecule has 1 N–H and O–H groups in total. The molecule has 1 amide bonds. The molecule has 1 saturated heterocycles. The van der Waals surface area contributed by atoms with E-state index < -0.39 is 0 Å². The molecule has 0 atom stereocenters. The zero-order valence-electron chi connectivity index (χ0n) is 14.9. The number of likely N-dealkylation sites (tertiary alicyclic amines) is 1. The lowest BCUT2D eigenvalue weighted by molar-refractivity contribution is 0.0786. The number of aryl methyl sites for hydroxylation is 1. The Morgan fingerprint density at radius 3 is 2.81 bits per heavy atom. The van der Waals surface area contributed by atoms with Crippen LogP contribution in [0.5, 0.6) is 0 Å². The number of imidazole rings is 1. The van der Waals surface area contributed by atoms with Crippen molar-refractivity contribution in [2.24, 2.45) is 0 Å². The molecule has 26 heavy (non-hydrogen) atoms. The fraction of sp³-hybridized carbons (Fsp3) is 0.400. The largest absolute Gasteiger partial charge is 0.337 e. The topological polar surface area (TPSA) is 49.6 Å². The maximum absolute atomic E-state index is 12.8. The first-order chi connectivity index (χ1) is 12.8. The quantitative estimate of drug-likeness (QED) is 0.651. The third-order valence-electron chi connectivity index (χ3n) is 4.91. The van der Waals surface area contributed by atoms with Gasteiger partial charge in [0, 0.05) is 31.2 Å². The van der Waals surface area contributed by atoms with Crippen LogP contribution in [0.2, 0.25) is 0 Å². The van der Waals surface area contributed by atoms with E-state index in [2.05, 4.69) is 39.0 Å². The van der Waals surface area contributed by atoms with Crippen molar-refractivity contribution in [1.29, 1.82) is 0 Å². The summed E-state index contributed by atoms with van der Waals surface area (Å²) in [7, 11) is 0. The molecule has 1 aromatic carbocycles. The Morgan fingerprint density at radius 2 is 2.00 bits per heavy atom. The van der Waals surface area contributed by atoms with Crippen LogP contribution >= 0.6 is 11.3 Å². The molecule has 5 nitrogen and oxygen atoms in total. The number of nitrogens with zero attached hydrogens (tertiary/aromatic N) is 3. The van der Waals surface area contributed by atoms with Crippen molar-refractivity contribution in [3.8, 4) is 0 Å². The smallest absolute Gasteiger partial charge is 0.274 e. The number of carbonyl (C=O) groups excluding carboxylic acids is 1. The monoisotopic (exact) mass is 368 g/mol. The van der Waals surface area contributed by atoms with Gasteiger partial charge in [-0.25, -0.2) is 4.98 Å². The van der Waals surface area contributed by atoms with Crippen molar-refractivity contribution in [3.05, 3.63) is 58.9 Å². The Morgan fingerprint density at radius 1 is 1.19 bits per heavy atom. The lowest BCUT2D eigenvalue weighted by Gasteiger charge is -2.15. The SMILES string of the molecule is O=C(c1nc2sccn2c1CNCCCc1ccccc1)N1CCCC1. The number of aromatic nitrogens is 2. The first-order valence-electron chi connectivity index (χ1n) is 9.31. The molecule has 1 fully saturated rings. The summed E-state index contributed by atoms with van der Waals surface area (Å²) in [5.41, 5.74) is 2.97. The van der Waals surface area contributed by atoms with E-state index in [1.54, 1.807) is 11.3 Å². The normalized spacial score (nSPS) is 14.4. The molecule has 0 bridgehead atoms. The number of fused-ring (bicyclic) bond motifs is 1. The van der Waals surface area contributed by atoms with Crippen molar-refractivity contribution >= 4 is 22.2 Å². The number of hydrogen-bond donors (Lipinski definition) is 1. The van der Waals surface area contributed by atoms with Crippen LogP contribution < -0.4 is 5.32 Å². The Balaban J connectivity index is 1.39. The summed E-state index contributed by atoms with van der Waals surface area (Å²) in [6, 6.07) is 10.5. The summed E-state index contributed by atoms with van der Waals surface area (Å²) in [4.78, 5) is 20.3. The van der Waals surface area contributed by atoms with Crippen molar-refractivity contribution < 1.29 is 4.79 Å². The van der Waals surface area contributed by atoms with E-state index in [-0.39, 0.29) is 5.91 Å². The van der Waals surface area contributed by atoms with Gasteiger partial charge in [-0.05, 0) is 37.8 Å². The Kier molecular flexibility index (Phi) is 5.32. The minimum absolute atomic E-state index is 0.0829. The highest BCUT2D eigenvalue weighted by atomic mass is 32.1. The van der Waals surface area contributed by atoms with Crippen LogP contribution in [0.25, 0.3) is 4.96 Å². The Hall–Kier alpha value is -2.18. The highest BCUT2D eigenvalue weighted by Gasteiger charge is 2.26. The third-order valence-corrected chi connectivity index (χ3v) is 5.67. The molecule has 6 heteroatoms. The second-order valence-electron chi connectivity index (χ2n) is 6.73. The van der Waals surface area contributed by atoms with Crippen LogP contribution in [0, 0.1) is 0 Å². The fourth-order valence-electron chi connectivity index (χ4n) is 3.51. The van der Waals surface area contributed by atoms with Gasteiger partial charge >= 0.3 is 0 Å². The van der Waals surface area contributed by atoms with Gasteiger partial charge in [-0.15, -0.1) is 11.3 Å². The van der Waals surface area contributed by atoms with E-state index in [1.165, 1.54) is 5.56 Å². The average molecular weight is 369 g/mol. The molecule has 0 unspecified atom stereocenters. The van der Waals surface area contributed by atoms with Crippen molar-refractivity contribution in [2.75, 3.05) is 19.6 Å². The predicted octanol–water partition coefficient (Wildman–Crippen LogP) is 3.35. The molecule has 1 aliphatic rings. The van der Waals surface area contributed by atoms with Crippen LogP contribution in [0.3, 0.4) is 0 Å². The molecule has 3 heterocycles. The highest BCUT2D eigenvalue weighted by molar-refractivity contribution is 7.15. The number of hydrogen-bond acceptors (Lipinski definition) is 4. The van der Waals surface area contributed by atoms with E-state index in [9.17, 15) is 4.79 Å². The predicted molar refractivity (Wildman–Crippen MR) is 105 cm³/mol. The van der Waals surface area contributed by atoms with E-state index in [1.807, 2.05) is 22.5 Å². The maximum Gasteiger partial charge on any atom is 0.274 e. The van der Waals surface area contributed by atoms with Crippen molar-refractivity contribution in [1.82, 2.24) is 19.6 Å². The van der Waals surface area contributed by atoms with Gasteiger partial charge in [0.25, 0.3) is 5.91 Å². The van der Waals surface area contributed by atoms with Gasteiger partial charge in [-0.2, -0.15) is 0 Å². The molecule has 4 rings (SSSR count). The Labute approximate surface area is 157 Å². The van der Waals surface area contributed by atoms with Gasteiger partial charge in [0.1, 0.15) is 0 Å². The molecule has 136 valence electrons. The number of thiazole rings is 1. The van der Waals surface area contributed by atoms with E-state index in [4.69, 9.17) is 0 Å². The summed E-state index contributed by atoms with van der Waals surface area (Å²) < 4.78 is 2.05. The standard InChI is InChI=1S/C20H24N4OS/c25-19(23-11-4-5-12-23)18-17(24-13-14-26-20(24)22-18)15-21-10-6-9-16-7-2-1-3-8-16/h1-3,7-8,13-14,21H,4-6,9-12,15H2. The van der Waals surface area contributed by atoms with E-state index in [0.29, 0.717) is 12.2 Å². The molecule has 0 radical (unpaired) electrons. The third kappa shape index (κ3) is 3.66. The van der Waals surface area contributed by atoms with E-state index >= 15 is 0 Å². The summed E-state index contributed by atoms with van der Waals surface area (Å²) in [5.74, 6) is 0.0829. The number of nitrogens with one attached hydrogen (secondary N) is 1. The Bertz CT molecular complexity index is 864. The summed E-state index contributed by atoms with van der Waals surface area (Å²) in [6.45, 7) is 3.30. The lowest BCUT2D eigenvalue weighted by atomic mass is 10.1. The summed E-state index contributed by atoms with van der Waals surface area (Å²) in [6.07, 6.45) is 6.34. The molecule has 0 spiro atoms. The van der Waals surface area contributed by atoms with Crippen molar-refractivity contribution in [3.63, 3.8) is 0 Å². The second-order valence-corrected chi connectivity index (χ2v) is 7.60. The number of amides is 1. The van der Waals surface area contributed by atoms with Gasteiger partial charge in [0.05, 0.1) is 5.69 Å².